The smallest absolute Gasteiger partial charge is 0.407 e. The van der Waals surface area contributed by atoms with E-state index in [4.69, 9.17) is 10.5 Å². The summed E-state index contributed by atoms with van der Waals surface area (Å²) in [6.45, 7) is 8.24. The van der Waals surface area contributed by atoms with Crippen LogP contribution in [0.15, 0.2) is 24.3 Å². The minimum atomic E-state index is -0.470. The lowest BCUT2D eigenvalue weighted by Gasteiger charge is -2.32. The number of piperidine rings is 1. The van der Waals surface area contributed by atoms with Crippen molar-refractivity contribution >= 4 is 12.0 Å². The topological polar surface area (TPSA) is 84.7 Å². The molecule has 0 aromatic heterocycles. The fraction of sp³-hybridized carbons (Fsp3) is 0.556. The summed E-state index contributed by atoms with van der Waals surface area (Å²) in [6.07, 6.45) is 1.46. The third-order valence-electron chi connectivity index (χ3n) is 3.95. The van der Waals surface area contributed by atoms with E-state index in [1.165, 1.54) is 0 Å². The molecule has 0 bridgehead atoms. The number of hydrogen-bond acceptors (Lipinski definition) is 4. The standard InChI is InChI=1S/C18H27N3O3/c1-18(2,3)24-17(23)20-15-8-10-21(11-9-15)12-13-4-6-14(7-5-13)16(19)22/h4-7,15H,8-12H2,1-3H3,(H2,19,22)(H,20,23). The van der Waals surface area contributed by atoms with Gasteiger partial charge in [-0.05, 0) is 51.3 Å². The van der Waals surface area contributed by atoms with Gasteiger partial charge in [-0.2, -0.15) is 0 Å². The molecule has 0 atom stereocenters. The van der Waals surface area contributed by atoms with E-state index in [-0.39, 0.29) is 12.1 Å². The average Bonchev–Trinajstić information content (AvgIpc) is 2.48. The summed E-state index contributed by atoms with van der Waals surface area (Å²) in [4.78, 5) is 25.2. The maximum Gasteiger partial charge on any atom is 0.407 e. The van der Waals surface area contributed by atoms with Crippen molar-refractivity contribution in [1.29, 1.82) is 0 Å². The molecule has 1 aliphatic rings. The molecule has 6 nitrogen and oxygen atoms in total. The highest BCUT2D eigenvalue weighted by atomic mass is 16.6. The number of carbonyl (C=O) groups is 2. The van der Waals surface area contributed by atoms with E-state index in [0.717, 1.165) is 38.0 Å². The van der Waals surface area contributed by atoms with Crippen molar-refractivity contribution < 1.29 is 14.3 Å². The Labute approximate surface area is 143 Å². The van der Waals surface area contributed by atoms with Gasteiger partial charge in [0.2, 0.25) is 5.91 Å². The van der Waals surface area contributed by atoms with Gasteiger partial charge in [-0.3, -0.25) is 9.69 Å². The molecule has 0 radical (unpaired) electrons. The van der Waals surface area contributed by atoms with Gasteiger partial charge >= 0.3 is 6.09 Å². The second-order valence-electron chi connectivity index (χ2n) is 7.26. The maximum absolute atomic E-state index is 11.8. The van der Waals surface area contributed by atoms with Gasteiger partial charge in [0.25, 0.3) is 0 Å². The number of carbonyl (C=O) groups excluding carboxylic acids is 2. The number of primary amides is 1. The minimum Gasteiger partial charge on any atom is -0.444 e. The molecule has 0 unspecified atom stereocenters. The van der Waals surface area contributed by atoms with E-state index < -0.39 is 11.5 Å². The molecule has 1 aliphatic heterocycles. The second kappa shape index (κ2) is 7.66. The first-order valence-electron chi connectivity index (χ1n) is 8.33. The average molecular weight is 333 g/mol. The van der Waals surface area contributed by atoms with Gasteiger partial charge in [-0.15, -0.1) is 0 Å². The molecule has 0 spiro atoms. The van der Waals surface area contributed by atoms with Gasteiger partial charge in [-0.1, -0.05) is 12.1 Å². The number of likely N-dealkylation sites (tertiary alicyclic amines) is 1. The molecule has 1 aromatic carbocycles. The molecule has 0 saturated carbocycles. The number of nitrogens with two attached hydrogens (primary N) is 1. The molecular weight excluding hydrogens is 306 g/mol. The number of hydrogen-bond donors (Lipinski definition) is 2. The third-order valence-corrected chi connectivity index (χ3v) is 3.95. The molecule has 6 heteroatoms. The van der Waals surface area contributed by atoms with Crippen molar-refractivity contribution in [2.24, 2.45) is 5.73 Å². The highest BCUT2D eigenvalue weighted by molar-refractivity contribution is 5.92. The summed E-state index contributed by atoms with van der Waals surface area (Å²) < 4.78 is 5.29. The number of amides is 2. The van der Waals surface area contributed by atoms with Crippen LogP contribution in [0.2, 0.25) is 0 Å². The lowest BCUT2D eigenvalue weighted by atomic mass is 10.0. The van der Waals surface area contributed by atoms with Crippen molar-refractivity contribution in [2.75, 3.05) is 13.1 Å². The van der Waals surface area contributed by atoms with E-state index in [1.54, 1.807) is 12.1 Å². The van der Waals surface area contributed by atoms with E-state index >= 15 is 0 Å². The van der Waals surface area contributed by atoms with Crippen molar-refractivity contribution in [1.82, 2.24) is 10.2 Å². The molecule has 1 fully saturated rings. The van der Waals surface area contributed by atoms with Crippen LogP contribution in [0.5, 0.6) is 0 Å². The van der Waals surface area contributed by atoms with Crippen LogP contribution in [0.3, 0.4) is 0 Å². The normalized spacial score (nSPS) is 16.6. The van der Waals surface area contributed by atoms with E-state index in [9.17, 15) is 9.59 Å². The fourth-order valence-corrected chi connectivity index (χ4v) is 2.74. The van der Waals surface area contributed by atoms with Crippen molar-refractivity contribution in [3.05, 3.63) is 35.4 Å². The summed E-state index contributed by atoms with van der Waals surface area (Å²) in [5.74, 6) is -0.407. The zero-order valence-corrected chi connectivity index (χ0v) is 14.7. The lowest BCUT2D eigenvalue weighted by molar-refractivity contribution is 0.0477. The molecule has 0 aliphatic carbocycles. The number of rotatable bonds is 4. The van der Waals surface area contributed by atoms with Crippen LogP contribution in [0.4, 0.5) is 4.79 Å². The zero-order chi connectivity index (χ0) is 17.7. The SMILES string of the molecule is CC(C)(C)OC(=O)NC1CCN(Cc2ccc(C(N)=O)cc2)CC1. The lowest BCUT2D eigenvalue weighted by Crippen LogP contribution is -2.45. The summed E-state index contributed by atoms with van der Waals surface area (Å²) in [5, 5.41) is 2.94. The predicted molar refractivity (Wildman–Crippen MR) is 92.6 cm³/mol. The fourth-order valence-electron chi connectivity index (χ4n) is 2.74. The van der Waals surface area contributed by atoms with Crippen LogP contribution in [-0.4, -0.2) is 41.6 Å². The first-order valence-corrected chi connectivity index (χ1v) is 8.33. The summed E-state index contributed by atoms with van der Waals surface area (Å²) >= 11 is 0. The van der Waals surface area contributed by atoms with Crippen molar-refractivity contribution in [3.63, 3.8) is 0 Å². The minimum absolute atomic E-state index is 0.160. The van der Waals surface area contributed by atoms with Gasteiger partial charge < -0.3 is 15.8 Å². The van der Waals surface area contributed by atoms with Crippen LogP contribution in [0.25, 0.3) is 0 Å². The third kappa shape index (κ3) is 5.85. The Morgan fingerprint density at radius 3 is 2.29 bits per heavy atom. The van der Waals surface area contributed by atoms with E-state index in [1.807, 2.05) is 32.9 Å². The zero-order valence-electron chi connectivity index (χ0n) is 14.7. The highest BCUT2D eigenvalue weighted by Gasteiger charge is 2.23. The molecule has 3 N–H and O–H groups in total. The number of nitrogens with zero attached hydrogens (tertiary/aromatic N) is 1. The Kier molecular flexibility index (Phi) is 5.83. The Balaban J connectivity index is 1.76. The van der Waals surface area contributed by atoms with Crippen LogP contribution in [0.1, 0.15) is 49.5 Å². The Bertz CT molecular complexity index is 570. The molecule has 132 valence electrons. The van der Waals surface area contributed by atoms with E-state index in [0.29, 0.717) is 5.56 Å². The maximum atomic E-state index is 11.8. The number of benzene rings is 1. The number of alkyl carbamates (subject to hydrolysis) is 1. The Hall–Kier alpha value is -2.08. The van der Waals surface area contributed by atoms with Crippen LogP contribution >= 0.6 is 0 Å². The van der Waals surface area contributed by atoms with Gasteiger partial charge in [0.05, 0.1) is 0 Å². The second-order valence-corrected chi connectivity index (χ2v) is 7.26. The molecule has 2 amide bonds. The molecule has 1 saturated heterocycles. The summed E-state index contributed by atoms with van der Waals surface area (Å²) in [6, 6.07) is 7.55. The molecular formula is C18H27N3O3. The first-order chi connectivity index (χ1) is 11.2. The summed E-state index contributed by atoms with van der Waals surface area (Å²) in [7, 11) is 0. The van der Waals surface area contributed by atoms with Crippen molar-refractivity contribution in [2.45, 2.75) is 51.8 Å². The first kappa shape index (κ1) is 18.3. The number of nitrogens with one attached hydrogen (secondary N) is 1. The predicted octanol–water partition coefficient (Wildman–Crippen LogP) is 2.27. The van der Waals surface area contributed by atoms with Crippen LogP contribution < -0.4 is 11.1 Å². The van der Waals surface area contributed by atoms with Crippen LogP contribution in [-0.2, 0) is 11.3 Å². The van der Waals surface area contributed by atoms with Crippen LogP contribution in [0, 0.1) is 0 Å². The largest absolute Gasteiger partial charge is 0.444 e. The Morgan fingerprint density at radius 1 is 1.21 bits per heavy atom. The van der Waals surface area contributed by atoms with Gasteiger partial charge in [-0.25, -0.2) is 4.79 Å². The quantitative estimate of drug-likeness (QED) is 0.885. The molecule has 1 heterocycles. The number of ether oxygens (including phenoxy) is 1. The van der Waals surface area contributed by atoms with Gasteiger partial charge in [0.1, 0.15) is 5.60 Å². The van der Waals surface area contributed by atoms with Gasteiger partial charge in [0.15, 0.2) is 0 Å². The monoisotopic (exact) mass is 333 g/mol. The summed E-state index contributed by atoms with van der Waals surface area (Å²) in [5.41, 5.74) is 6.46. The van der Waals surface area contributed by atoms with Crippen molar-refractivity contribution in [3.8, 4) is 0 Å². The van der Waals surface area contributed by atoms with E-state index in [2.05, 4.69) is 10.2 Å². The Morgan fingerprint density at radius 2 is 1.79 bits per heavy atom. The molecule has 24 heavy (non-hydrogen) atoms. The molecule has 2 rings (SSSR count). The molecule has 1 aromatic rings. The highest BCUT2D eigenvalue weighted by Crippen LogP contribution is 2.15. The van der Waals surface area contributed by atoms with Gasteiger partial charge in [0, 0.05) is 31.2 Å².